The number of rotatable bonds is 1. The van der Waals surface area contributed by atoms with E-state index in [9.17, 15) is 4.79 Å². The molecule has 3 nitrogen and oxygen atoms in total. The van der Waals surface area contributed by atoms with Crippen molar-refractivity contribution in [3.8, 4) is 0 Å². The Labute approximate surface area is 114 Å². The van der Waals surface area contributed by atoms with Crippen molar-refractivity contribution < 1.29 is 4.79 Å². The second-order valence-corrected chi connectivity index (χ2v) is 6.18. The summed E-state index contributed by atoms with van der Waals surface area (Å²) in [6.45, 7) is 4.39. The number of fused-ring (bicyclic) bond motifs is 1. The van der Waals surface area contributed by atoms with E-state index >= 15 is 0 Å². The maximum Gasteiger partial charge on any atom is 0.250 e. The summed E-state index contributed by atoms with van der Waals surface area (Å²) in [6, 6.07) is 6.31. The lowest BCUT2D eigenvalue weighted by atomic mass is 9.79. The average molecular weight is 258 g/mol. The van der Waals surface area contributed by atoms with Gasteiger partial charge in [-0.3, -0.25) is 4.79 Å². The largest absolute Gasteiger partial charge is 0.370 e. The smallest absolute Gasteiger partial charge is 0.250 e. The highest BCUT2D eigenvalue weighted by atomic mass is 16.2. The summed E-state index contributed by atoms with van der Waals surface area (Å²) in [6.07, 6.45) is 5.42. The van der Waals surface area contributed by atoms with E-state index in [1.54, 1.807) is 0 Å². The first-order valence-corrected chi connectivity index (χ1v) is 7.34. The van der Waals surface area contributed by atoms with Gasteiger partial charge in [0.15, 0.2) is 0 Å². The molecule has 1 aromatic rings. The predicted octanol–water partition coefficient (Wildman–Crippen LogP) is 3.88. The molecule has 1 heterocycles. The van der Waals surface area contributed by atoms with Crippen molar-refractivity contribution in [2.24, 2.45) is 0 Å². The second kappa shape index (κ2) is 4.55. The van der Waals surface area contributed by atoms with Crippen molar-refractivity contribution in [3.63, 3.8) is 0 Å². The highest BCUT2D eigenvalue weighted by molar-refractivity contribution is 6.06. The summed E-state index contributed by atoms with van der Waals surface area (Å²) < 4.78 is 0. The van der Waals surface area contributed by atoms with Gasteiger partial charge in [0.25, 0.3) is 0 Å². The van der Waals surface area contributed by atoms with E-state index in [4.69, 9.17) is 0 Å². The average Bonchev–Trinajstić information content (AvgIpc) is 2.40. The number of anilines is 2. The Morgan fingerprint density at radius 3 is 2.53 bits per heavy atom. The van der Waals surface area contributed by atoms with Crippen LogP contribution in [-0.2, 0) is 4.79 Å². The first kappa shape index (κ1) is 12.5. The zero-order valence-corrected chi connectivity index (χ0v) is 11.8. The number of benzene rings is 1. The molecular formula is C16H22N2O. The zero-order chi connectivity index (χ0) is 13.5. The Morgan fingerprint density at radius 1 is 1.11 bits per heavy atom. The van der Waals surface area contributed by atoms with Crippen molar-refractivity contribution in [2.45, 2.75) is 57.4 Å². The van der Waals surface area contributed by atoms with Gasteiger partial charge in [0, 0.05) is 0 Å². The van der Waals surface area contributed by atoms with Gasteiger partial charge in [-0.05, 0) is 36.5 Å². The fourth-order valence-electron chi connectivity index (χ4n) is 3.20. The van der Waals surface area contributed by atoms with Gasteiger partial charge < -0.3 is 10.6 Å². The van der Waals surface area contributed by atoms with Gasteiger partial charge in [-0.15, -0.1) is 0 Å². The maximum absolute atomic E-state index is 12.4. The topological polar surface area (TPSA) is 41.1 Å². The number of hydrogen-bond acceptors (Lipinski definition) is 2. The molecule has 1 aromatic carbocycles. The van der Waals surface area contributed by atoms with Crippen LogP contribution in [0.3, 0.4) is 0 Å². The SMILES string of the molecule is CC(C)c1ccc2c(c1)NC1(CCCCC1)C(=O)N2. The molecule has 0 atom stereocenters. The van der Waals surface area contributed by atoms with Crippen LogP contribution in [0.4, 0.5) is 11.4 Å². The molecule has 3 heteroatoms. The van der Waals surface area contributed by atoms with E-state index in [0.717, 1.165) is 37.1 Å². The number of carbonyl (C=O) groups is 1. The van der Waals surface area contributed by atoms with E-state index in [0.29, 0.717) is 5.92 Å². The highest BCUT2D eigenvalue weighted by Crippen LogP contribution is 2.39. The molecule has 19 heavy (non-hydrogen) atoms. The lowest BCUT2D eigenvalue weighted by Crippen LogP contribution is -2.53. The molecular weight excluding hydrogens is 236 g/mol. The number of hydrogen-bond donors (Lipinski definition) is 2. The molecule has 1 aliphatic heterocycles. The van der Waals surface area contributed by atoms with E-state index in [1.807, 2.05) is 6.07 Å². The molecule has 1 aliphatic carbocycles. The monoisotopic (exact) mass is 258 g/mol. The molecule has 0 bridgehead atoms. The Balaban J connectivity index is 1.95. The van der Waals surface area contributed by atoms with Gasteiger partial charge in [0.1, 0.15) is 5.54 Å². The van der Waals surface area contributed by atoms with Gasteiger partial charge in [-0.25, -0.2) is 0 Å². The van der Waals surface area contributed by atoms with Crippen LogP contribution >= 0.6 is 0 Å². The fourth-order valence-corrected chi connectivity index (χ4v) is 3.20. The van der Waals surface area contributed by atoms with Crippen LogP contribution in [0.1, 0.15) is 57.4 Å². The summed E-state index contributed by atoms with van der Waals surface area (Å²) in [5.41, 5.74) is 2.97. The third-order valence-corrected chi connectivity index (χ3v) is 4.47. The molecule has 1 amide bonds. The van der Waals surface area contributed by atoms with Crippen molar-refractivity contribution >= 4 is 17.3 Å². The Hall–Kier alpha value is -1.51. The maximum atomic E-state index is 12.4. The lowest BCUT2D eigenvalue weighted by molar-refractivity contribution is -0.121. The molecule has 1 fully saturated rings. The van der Waals surface area contributed by atoms with Crippen molar-refractivity contribution in [3.05, 3.63) is 23.8 Å². The highest BCUT2D eigenvalue weighted by Gasteiger charge is 2.42. The normalized spacial score (nSPS) is 20.9. The van der Waals surface area contributed by atoms with Crippen molar-refractivity contribution in [2.75, 3.05) is 10.6 Å². The molecule has 0 unspecified atom stereocenters. The number of amides is 1. The molecule has 0 saturated heterocycles. The number of nitrogens with one attached hydrogen (secondary N) is 2. The van der Waals surface area contributed by atoms with E-state index in [-0.39, 0.29) is 11.4 Å². The van der Waals surface area contributed by atoms with Crippen LogP contribution in [-0.4, -0.2) is 11.4 Å². The van der Waals surface area contributed by atoms with Gasteiger partial charge in [-0.1, -0.05) is 39.2 Å². The molecule has 3 rings (SSSR count). The van der Waals surface area contributed by atoms with Crippen molar-refractivity contribution in [1.82, 2.24) is 0 Å². The first-order valence-electron chi connectivity index (χ1n) is 7.34. The Kier molecular flexibility index (Phi) is 3.00. The van der Waals surface area contributed by atoms with Crippen LogP contribution in [0.2, 0.25) is 0 Å². The predicted molar refractivity (Wildman–Crippen MR) is 78.6 cm³/mol. The summed E-state index contributed by atoms with van der Waals surface area (Å²) in [4.78, 5) is 12.4. The van der Waals surface area contributed by atoms with Crippen LogP contribution in [0, 0.1) is 0 Å². The zero-order valence-electron chi connectivity index (χ0n) is 11.8. The molecule has 2 aliphatic rings. The Morgan fingerprint density at radius 2 is 1.84 bits per heavy atom. The minimum absolute atomic E-state index is 0.150. The number of carbonyl (C=O) groups excluding carboxylic acids is 1. The molecule has 0 aromatic heterocycles. The molecule has 1 saturated carbocycles. The van der Waals surface area contributed by atoms with Gasteiger partial charge in [0.2, 0.25) is 5.91 Å². The molecule has 102 valence electrons. The summed E-state index contributed by atoms with van der Waals surface area (Å²) in [5.74, 6) is 0.657. The van der Waals surface area contributed by atoms with Crippen LogP contribution < -0.4 is 10.6 Å². The van der Waals surface area contributed by atoms with E-state index in [2.05, 4.69) is 36.6 Å². The quantitative estimate of drug-likeness (QED) is 0.802. The molecule has 2 N–H and O–H groups in total. The summed E-state index contributed by atoms with van der Waals surface area (Å²) in [5, 5.41) is 6.63. The van der Waals surface area contributed by atoms with E-state index in [1.165, 1.54) is 12.0 Å². The van der Waals surface area contributed by atoms with Gasteiger partial charge in [-0.2, -0.15) is 0 Å². The Bertz CT molecular complexity index is 501. The fraction of sp³-hybridized carbons (Fsp3) is 0.562. The third-order valence-electron chi connectivity index (χ3n) is 4.47. The molecule has 1 spiro atoms. The van der Waals surface area contributed by atoms with Crippen LogP contribution in [0.5, 0.6) is 0 Å². The second-order valence-electron chi connectivity index (χ2n) is 6.18. The van der Waals surface area contributed by atoms with Crippen LogP contribution in [0.25, 0.3) is 0 Å². The van der Waals surface area contributed by atoms with E-state index < -0.39 is 0 Å². The van der Waals surface area contributed by atoms with Crippen LogP contribution in [0.15, 0.2) is 18.2 Å². The molecule has 0 radical (unpaired) electrons. The van der Waals surface area contributed by atoms with Gasteiger partial charge in [0.05, 0.1) is 11.4 Å². The van der Waals surface area contributed by atoms with Gasteiger partial charge >= 0.3 is 0 Å². The minimum atomic E-state index is -0.360. The minimum Gasteiger partial charge on any atom is -0.370 e. The summed E-state index contributed by atoms with van der Waals surface area (Å²) in [7, 11) is 0. The lowest BCUT2D eigenvalue weighted by Gasteiger charge is -2.41. The standard InChI is InChI=1S/C16H22N2O/c1-11(2)12-6-7-13-14(10-12)18-16(15(19)17-13)8-4-3-5-9-16/h6-7,10-11,18H,3-5,8-9H2,1-2H3,(H,17,19). The summed E-state index contributed by atoms with van der Waals surface area (Å²) >= 11 is 0. The third kappa shape index (κ3) is 2.11. The van der Waals surface area contributed by atoms with Crippen molar-refractivity contribution in [1.29, 1.82) is 0 Å². The first-order chi connectivity index (χ1) is 9.11.